The van der Waals surface area contributed by atoms with Crippen LogP contribution >= 0.6 is 0 Å². The van der Waals surface area contributed by atoms with Crippen LogP contribution in [-0.2, 0) is 9.59 Å². The van der Waals surface area contributed by atoms with Gasteiger partial charge in [-0.2, -0.15) is 0 Å². The molecule has 0 saturated heterocycles. The monoisotopic (exact) mass is 197 g/mol. The second-order valence-electron chi connectivity index (χ2n) is 4.16. The first-order valence-corrected chi connectivity index (χ1v) is 4.88. The minimum atomic E-state index is -1.16. The lowest BCUT2D eigenvalue weighted by atomic mass is 9.71. The van der Waals surface area contributed by atoms with Gasteiger partial charge in [-0.1, -0.05) is 5.18 Å². The number of hydrogen-bond donors (Lipinski definition) is 0. The fraction of sp³-hybridized carbons (Fsp3) is 0.800. The van der Waals surface area contributed by atoms with Crippen molar-refractivity contribution in [1.82, 2.24) is 0 Å². The standard InChI is InChI=1S/C10H15NO3/c1-7(12)6-8-4-3-5-9(13)10(8,2)11-14/h8H,3-6H2,1-2H3/t8-,10-/m1/s1. The predicted octanol–water partition coefficient (Wildman–Crippen LogP) is 1.86. The maximum Gasteiger partial charge on any atom is 0.164 e. The highest BCUT2D eigenvalue weighted by Gasteiger charge is 2.45. The Morgan fingerprint density at radius 3 is 2.79 bits per heavy atom. The fourth-order valence-corrected chi connectivity index (χ4v) is 2.04. The van der Waals surface area contributed by atoms with Crippen molar-refractivity contribution >= 4 is 11.6 Å². The smallest absolute Gasteiger partial charge is 0.164 e. The molecule has 0 heterocycles. The van der Waals surface area contributed by atoms with Gasteiger partial charge in [0.05, 0.1) is 0 Å². The summed E-state index contributed by atoms with van der Waals surface area (Å²) in [5.41, 5.74) is -1.16. The van der Waals surface area contributed by atoms with Gasteiger partial charge in [-0.15, -0.1) is 4.91 Å². The van der Waals surface area contributed by atoms with Gasteiger partial charge < -0.3 is 4.79 Å². The molecule has 0 amide bonds. The van der Waals surface area contributed by atoms with Crippen LogP contribution in [0.1, 0.15) is 39.5 Å². The van der Waals surface area contributed by atoms with Gasteiger partial charge >= 0.3 is 0 Å². The molecular formula is C10H15NO3. The summed E-state index contributed by atoms with van der Waals surface area (Å²) in [7, 11) is 0. The van der Waals surface area contributed by atoms with Crippen molar-refractivity contribution in [2.45, 2.75) is 45.1 Å². The van der Waals surface area contributed by atoms with E-state index in [0.717, 1.165) is 12.8 Å². The van der Waals surface area contributed by atoms with E-state index in [2.05, 4.69) is 5.18 Å². The van der Waals surface area contributed by atoms with Crippen LogP contribution in [0.15, 0.2) is 5.18 Å². The van der Waals surface area contributed by atoms with Crippen LogP contribution in [-0.4, -0.2) is 17.1 Å². The number of carbonyl (C=O) groups excluding carboxylic acids is 2. The number of nitrogens with zero attached hydrogens (tertiary/aromatic N) is 1. The first-order chi connectivity index (χ1) is 6.50. The molecule has 78 valence electrons. The molecule has 1 fully saturated rings. The van der Waals surface area contributed by atoms with Crippen LogP contribution < -0.4 is 0 Å². The molecule has 0 aromatic heterocycles. The largest absolute Gasteiger partial charge is 0.300 e. The van der Waals surface area contributed by atoms with Crippen molar-refractivity contribution in [2.24, 2.45) is 11.1 Å². The number of ketones is 2. The Balaban J connectivity index is 2.85. The molecule has 0 N–H and O–H groups in total. The summed E-state index contributed by atoms with van der Waals surface area (Å²) in [6.45, 7) is 3.03. The zero-order valence-electron chi connectivity index (χ0n) is 8.58. The van der Waals surface area contributed by atoms with Crippen molar-refractivity contribution in [1.29, 1.82) is 0 Å². The summed E-state index contributed by atoms with van der Waals surface area (Å²) in [5.74, 6) is -0.302. The van der Waals surface area contributed by atoms with Crippen molar-refractivity contribution in [3.63, 3.8) is 0 Å². The van der Waals surface area contributed by atoms with E-state index >= 15 is 0 Å². The number of nitroso groups, excluding NO2 is 1. The van der Waals surface area contributed by atoms with Crippen LogP contribution in [0.25, 0.3) is 0 Å². The van der Waals surface area contributed by atoms with Gasteiger partial charge in [-0.25, -0.2) is 0 Å². The third kappa shape index (κ3) is 1.89. The lowest BCUT2D eigenvalue weighted by Crippen LogP contribution is -2.44. The summed E-state index contributed by atoms with van der Waals surface area (Å²) in [6, 6.07) is 0. The molecule has 1 saturated carbocycles. The lowest BCUT2D eigenvalue weighted by molar-refractivity contribution is -0.129. The summed E-state index contributed by atoms with van der Waals surface area (Å²) < 4.78 is 0. The summed E-state index contributed by atoms with van der Waals surface area (Å²) in [5, 5.41) is 2.94. The highest BCUT2D eigenvalue weighted by Crippen LogP contribution is 2.36. The van der Waals surface area contributed by atoms with E-state index < -0.39 is 5.54 Å². The van der Waals surface area contributed by atoms with Gasteiger partial charge in [0.2, 0.25) is 0 Å². The SMILES string of the molecule is CC(=O)C[C@H]1CCCC(=O)[C@]1(C)N=O. The third-order valence-electron chi connectivity index (χ3n) is 3.04. The van der Waals surface area contributed by atoms with Gasteiger partial charge in [0.15, 0.2) is 11.3 Å². The van der Waals surface area contributed by atoms with Crippen molar-refractivity contribution in [3.8, 4) is 0 Å². The Labute approximate surface area is 83.0 Å². The Morgan fingerprint density at radius 2 is 2.29 bits per heavy atom. The molecule has 1 aliphatic rings. The Kier molecular flexibility index (Phi) is 3.13. The topological polar surface area (TPSA) is 63.6 Å². The van der Waals surface area contributed by atoms with E-state index in [1.54, 1.807) is 6.92 Å². The molecule has 1 rings (SSSR count). The van der Waals surface area contributed by atoms with Gasteiger partial charge in [0.25, 0.3) is 0 Å². The minimum Gasteiger partial charge on any atom is -0.300 e. The van der Waals surface area contributed by atoms with Gasteiger partial charge in [-0.3, -0.25) is 4.79 Å². The highest BCUT2D eigenvalue weighted by atomic mass is 16.3. The molecule has 4 heteroatoms. The van der Waals surface area contributed by atoms with E-state index in [-0.39, 0.29) is 23.9 Å². The minimum absolute atomic E-state index is 0.0135. The van der Waals surface area contributed by atoms with E-state index in [1.165, 1.54) is 6.92 Å². The Bertz CT molecular complexity index is 275. The zero-order chi connectivity index (χ0) is 10.8. The fourth-order valence-electron chi connectivity index (χ4n) is 2.04. The number of Topliss-reactive ketones (excluding diaryl/α,β-unsaturated/α-hetero) is 2. The van der Waals surface area contributed by atoms with Crippen molar-refractivity contribution < 1.29 is 9.59 Å². The van der Waals surface area contributed by atoms with Gasteiger partial charge in [-0.05, 0) is 26.7 Å². The van der Waals surface area contributed by atoms with Crippen LogP contribution in [0, 0.1) is 10.8 Å². The van der Waals surface area contributed by atoms with Crippen LogP contribution in [0.5, 0.6) is 0 Å². The molecule has 14 heavy (non-hydrogen) atoms. The lowest BCUT2D eigenvalue weighted by Gasteiger charge is -2.33. The van der Waals surface area contributed by atoms with E-state index in [9.17, 15) is 14.5 Å². The van der Waals surface area contributed by atoms with E-state index in [1.807, 2.05) is 0 Å². The van der Waals surface area contributed by atoms with Crippen molar-refractivity contribution in [2.75, 3.05) is 0 Å². The molecule has 0 aromatic rings. The third-order valence-corrected chi connectivity index (χ3v) is 3.04. The average Bonchev–Trinajstić information content (AvgIpc) is 2.12. The molecule has 0 radical (unpaired) electrons. The zero-order valence-corrected chi connectivity index (χ0v) is 8.58. The molecule has 1 aliphatic carbocycles. The first kappa shape index (κ1) is 11.0. The van der Waals surface area contributed by atoms with Gasteiger partial charge in [0.1, 0.15) is 5.78 Å². The summed E-state index contributed by atoms with van der Waals surface area (Å²) in [4.78, 5) is 33.2. The first-order valence-electron chi connectivity index (χ1n) is 4.88. The second-order valence-corrected chi connectivity index (χ2v) is 4.16. The number of carbonyl (C=O) groups is 2. The second kappa shape index (κ2) is 3.98. The summed E-state index contributed by atoms with van der Waals surface area (Å²) >= 11 is 0. The maximum atomic E-state index is 11.5. The Morgan fingerprint density at radius 1 is 1.64 bits per heavy atom. The van der Waals surface area contributed by atoms with E-state index in [0.29, 0.717) is 6.42 Å². The van der Waals surface area contributed by atoms with Gasteiger partial charge in [0, 0.05) is 18.8 Å². The maximum absolute atomic E-state index is 11.5. The quantitative estimate of drug-likeness (QED) is 0.648. The molecular weight excluding hydrogens is 182 g/mol. The molecule has 0 aliphatic heterocycles. The summed E-state index contributed by atoms with van der Waals surface area (Å²) in [6.07, 6.45) is 2.21. The van der Waals surface area contributed by atoms with Crippen LogP contribution in [0.3, 0.4) is 0 Å². The number of rotatable bonds is 3. The van der Waals surface area contributed by atoms with E-state index in [4.69, 9.17) is 0 Å². The predicted molar refractivity (Wildman–Crippen MR) is 51.8 cm³/mol. The molecule has 2 atom stereocenters. The molecule has 0 unspecified atom stereocenters. The molecule has 0 spiro atoms. The highest BCUT2D eigenvalue weighted by molar-refractivity contribution is 5.90. The molecule has 0 bridgehead atoms. The van der Waals surface area contributed by atoms with Crippen molar-refractivity contribution in [3.05, 3.63) is 4.91 Å². The number of hydrogen-bond acceptors (Lipinski definition) is 4. The average molecular weight is 197 g/mol. The van der Waals surface area contributed by atoms with Crippen LogP contribution in [0.4, 0.5) is 0 Å². The van der Waals surface area contributed by atoms with Crippen LogP contribution in [0.2, 0.25) is 0 Å². The molecule has 4 nitrogen and oxygen atoms in total. The Hall–Kier alpha value is -1.06. The normalized spacial score (nSPS) is 32.7. The molecule has 0 aromatic carbocycles.